The molecule has 0 aromatic rings. The van der Waals surface area contributed by atoms with Crippen LogP contribution < -0.4 is 10.6 Å². The molecule has 0 bridgehead atoms. The molecule has 0 aliphatic carbocycles. The molecule has 3 N–H and O–H groups in total. The number of amides is 1. The van der Waals surface area contributed by atoms with Crippen LogP contribution in [0, 0.1) is 0 Å². The average molecular weight is 270 g/mol. The van der Waals surface area contributed by atoms with Crippen LogP contribution in [0.2, 0.25) is 0 Å². The third-order valence-corrected chi connectivity index (χ3v) is 2.89. The Morgan fingerprint density at radius 1 is 1.63 bits per heavy atom. The predicted molar refractivity (Wildman–Crippen MR) is 70.4 cm³/mol. The molecule has 0 spiro atoms. The van der Waals surface area contributed by atoms with Crippen molar-refractivity contribution in [1.29, 1.82) is 0 Å². The SMILES string of the molecule is C=C(C)C(=O)OCC(O)CNC1CCCCNC1=O. The summed E-state index contributed by atoms with van der Waals surface area (Å²) in [5.74, 6) is -0.560. The van der Waals surface area contributed by atoms with E-state index in [-0.39, 0.29) is 25.1 Å². The molecule has 19 heavy (non-hydrogen) atoms. The number of hydrogen-bond donors (Lipinski definition) is 3. The van der Waals surface area contributed by atoms with Crippen LogP contribution in [-0.4, -0.2) is 48.8 Å². The van der Waals surface area contributed by atoms with E-state index in [0.29, 0.717) is 12.1 Å². The molecule has 6 heteroatoms. The highest BCUT2D eigenvalue weighted by atomic mass is 16.5. The smallest absolute Gasteiger partial charge is 0.333 e. The minimum absolute atomic E-state index is 0.0383. The number of nitrogens with one attached hydrogen (secondary N) is 2. The monoisotopic (exact) mass is 270 g/mol. The number of carbonyl (C=O) groups is 2. The van der Waals surface area contributed by atoms with Crippen molar-refractivity contribution in [3.8, 4) is 0 Å². The Balaban J connectivity index is 2.25. The van der Waals surface area contributed by atoms with Gasteiger partial charge in [-0.15, -0.1) is 0 Å². The summed E-state index contributed by atoms with van der Waals surface area (Å²) in [4.78, 5) is 22.8. The van der Waals surface area contributed by atoms with Crippen LogP contribution in [0.15, 0.2) is 12.2 Å². The molecule has 1 aliphatic rings. The van der Waals surface area contributed by atoms with Crippen molar-refractivity contribution < 1.29 is 19.4 Å². The molecule has 2 unspecified atom stereocenters. The quantitative estimate of drug-likeness (QED) is 0.456. The van der Waals surface area contributed by atoms with Crippen LogP contribution >= 0.6 is 0 Å². The van der Waals surface area contributed by atoms with Gasteiger partial charge in [0.25, 0.3) is 0 Å². The van der Waals surface area contributed by atoms with Gasteiger partial charge < -0.3 is 20.5 Å². The lowest BCUT2D eigenvalue weighted by molar-refractivity contribution is -0.142. The van der Waals surface area contributed by atoms with Gasteiger partial charge in [0.15, 0.2) is 0 Å². The minimum Gasteiger partial charge on any atom is -0.460 e. The molecular weight excluding hydrogens is 248 g/mol. The van der Waals surface area contributed by atoms with Crippen LogP contribution in [0.5, 0.6) is 0 Å². The maximum atomic E-state index is 11.6. The van der Waals surface area contributed by atoms with Crippen molar-refractivity contribution in [2.24, 2.45) is 0 Å². The number of esters is 1. The van der Waals surface area contributed by atoms with E-state index >= 15 is 0 Å². The summed E-state index contributed by atoms with van der Waals surface area (Å²) in [6.07, 6.45) is 1.86. The largest absolute Gasteiger partial charge is 0.460 e. The molecule has 1 fully saturated rings. The van der Waals surface area contributed by atoms with E-state index in [4.69, 9.17) is 4.74 Å². The first-order chi connectivity index (χ1) is 9.00. The Hall–Kier alpha value is -1.40. The zero-order valence-corrected chi connectivity index (χ0v) is 11.3. The van der Waals surface area contributed by atoms with E-state index in [1.165, 1.54) is 0 Å². The fourth-order valence-electron chi connectivity index (χ4n) is 1.77. The van der Waals surface area contributed by atoms with Crippen LogP contribution in [0.25, 0.3) is 0 Å². The second-order valence-electron chi connectivity index (χ2n) is 4.78. The number of aliphatic hydroxyl groups excluding tert-OH is 1. The van der Waals surface area contributed by atoms with E-state index < -0.39 is 12.1 Å². The van der Waals surface area contributed by atoms with Gasteiger partial charge in [-0.05, 0) is 26.2 Å². The van der Waals surface area contributed by atoms with Gasteiger partial charge in [-0.1, -0.05) is 6.58 Å². The summed E-state index contributed by atoms with van der Waals surface area (Å²) >= 11 is 0. The van der Waals surface area contributed by atoms with E-state index in [1.54, 1.807) is 6.92 Å². The molecule has 1 saturated heterocycles. The fraction of sp³-hybridized carbons (Fsp3) is 0.692. The van der Waals surface area contributed by atoms with Gasteiger partial charge in [0, 0.05) is 18.7 Å². The first-order valence-corrected chi connectivity index (χ1v) is 6.52. The Morgan fingerprint density at radius 2 is 2.37 bits per heavy atom. The molecule has 2 atom stereocenters. The maximum Gasteiger partial charge on any atom is 0.333 e. The summed E-state index contributed by atoms with van der Waals surface area (Å²) < 4.78 is 4.83. The highest BCUT2D eigenvalue weighted by molar-refractivity contribution is 5.86. The number of carbonyl (C=O) groups excluding carboxylic acids is 2. The second-order valence-corrected chi connectivity index (χ2v) is 4.78. The molecule has 0 aromatic carbocycles. The Labute approximate surface area is 113 Å². The average Bonchev–Trinajstić information content (AvgIpc) is 2.58. The Bertz CT molecular complexity index is 344. The summed E-state index contributed by atoms with van der Waals surface area (Å²) in [6.45, 7) is 5.80. The van der Waals surface area contributed by atoms with Gasteiger partial charge in [0.2, 0.25) is 5.91 Å². The van der Waals surface area contributed by atoms with Gasteiger partial charge in [-0.3, -0.25) is 4.79 Å². The zero-order chi connectivity index (χ0) is 14.3. The van der Waals surface area contributed by atoms with Crippen LogP contribution in [-0.2, 0) is 14.3 Å². The lowest BCUT2D eigenvalue weighted by Gasteiger charge is -2.18. The molecule has 1 heterocycles. The molecule has 0 saturated carbocycles. The van der Waals surface area contributed by atoms with E-state index in [0.717, 1.165) is 19.3 Å². The lowest BCUT2D eigenvalue weighted by atomic mass is 10.1. The van der Waals surface area contributed by atoms with Crippen molar-refractivity contribution in [2.75, 3.05) is 19.7 Å². The van der Waals surface area contributed by atoms with Gasteiger partial charge >= 0.3 is 5.97 Å². The van der Waals surface area contributed by atoms with Gasteiger partial charge in [0.1, 0.15) is 12.7 Å². The van der Waals surface area contributed by atoms with Gasteiger partial charge in [0.05, 0.1) is 6.04 Å². The van der Waals surface area contributed by atoms with Crippen molar-refractivity contribution >= 4 is 11.9 Å². The molecule has 1 aliphatic heterocycles. The second kappa shape index (κ2) is 7.91. The third kappa shape index (κ3) is 5.85. The van der Waals surface area contributed by atoms with E-state index in [9.17, 15) is 14.7 Å². The van der Waals surface area contributed by atoms with Gasteiger partial charge in [-0.25, -0.2) is 4.79 Å². The first kappa shape index (κ1) is 15.7. The number of hydrogen-bond acceptors (Lipinski definition) is 5. The molecule has 108 valence electrons. The van der Waals surface area contributed by atoms with Crippen molar-refractivity contribution in [3.05, 3.63) is 12.2 Å². The maximum absolute atomic E-state index is 11.6. The van der Waals surface area contributed by atoms with Crippen molar-refractivity contribution in [3.63, 3.8) is 0 Å². The minimum atomic E-state index is -0.834. The van der Waals surface area contributed by atoms with Gasteiger partial charge in [-0.2, -0.15) is 0 Å². The van der Waals surface area contributed by atoms with Crippen LogP contribution in [0.3, 0.4) is 0 Å². The summed E-state index contributed by atoms with van der Waals surface area (Å²) in [5.41, 5.74) is 0.295. The van der Waals surface area contributed by atoms with Crippen LogP contribution in [0.1, 0.15) is 26.2 Å². The van der Waals surface area contributed by atoms with Crippen molar-refractivity contribution in [2.45, 2.75) is 38.3 Å². The number of rotatable bonds is 6. The van der Waals surface area contributed by atoms with Crippen molar-refractivity contribution in [1.82, 2.24) is 10.6 Å². The molecule has 1 amide bonds. The number of aliphatic hydroxyl groups is 1. The first-order valence-electron chi connectivity index (χ1n) is 6.52. The fourth-order valence-corrected chi connectivity index (χ4v) is 1.77. The van der Waals surface area contributed by atoms with Crippen LogP contribution in [0.4, 0.5) is 0 Å². The molecule has 0 aromatic heterocycles. The molecule has 6 nitrogen and oxygen atoms in total. The Kier molecular flexibility index (Phi) is 6.52. The Morgan fingerprint density at radius 3 is 3.05 bits per heavy atom. The molecule has 0 radical (unpaired) electrons. The molecule has 1 rings (SSSR count). The summed E-state index contributed by atoms with van der Waals surface area (Å²) in [5, 5.41) is 15.5. The normalized spacial score (nSPS) is 21.2. The third-order valence-electron chi connectivity index (χ3n) is 2.89. The number of ether oxygens (including phenoxy) is 1. The zero-order valence-electron chi connectivity index (χ0n) is 11.3. The summed E-state index contributed by atoms with van der Waals surface area (Å²) in [7, 11) is 0. The van der Waals surface area contributed by atoms with E-state index in [2.05, 4.69) is 17.2 Å². The summed E-state index contributed by atoms with van der Waals surface area (Å²) in [6, 6.07) is -0.283. The predicted octanol–water partition coefficient (Wildman–Crippen LogP) is -0.275. The van der Waals surface area contributed by atoms with E-state index in [1.807, 2.05) is 0 Å². The lowest BCUT2D eigenvalue weighted by Crippen LogP contribution is -2.46. The molecular formula is C13H22N2O4. The standard InChI is InChI=1S/C13H22N2O4/c1-9(2)13(18)19-8-10(16)7-15-11-5-3-4-6-14-12(11)17/h10-11,15-16H,1,3-8H2,2H3,(H,14,17). The topological polar surface area (TPSA) is 87.7 Å². The highest BCUT2D eigenvalue weighted by Crippen LogP contribution is 2.05. The highest BCUT2D eigenvalue weighted by Gasteiger charge is 2.21.